The Morgan fingerprint density at radius 1 is 1.64 bits per heavy atom. The van der Waals surface area contributed by atoms with E-state index >= 15 is 0 Å². The summed E-state index contributed by atoms with van der Waals surface area (Å²) in [5, 5.41) is 0.304. The third-order valence-electron chi connectivity index (χ3n) is 1.15. The van der Waals surface area contributed by atoms with Crippen LogP contribution in [-0.4, -0.2) is 18.0 Å². The number of rotatable bonds is 2. The van der Waals surface area contributed by atoms with E-state index in [1.54, 1.807) is 6.07 Å². The number of carbonyl (C=O) groups excluding carboxylic acids is 1. The first kappa shape index (κ1) is 7.88. The Kier molecular flexibility index (Phi) is 2.33. The van der Waals surface area contributed by atoms with Gasteiger partial charge in [-0.1, -0.05) is 11.6 Å². The highest BCUT2D eigenvalue weighted by molar-refractivity contribution is 6.29. The first-order valence-electron chi connectivity index (χ1n) is 2.86. The van der Waals surface area contributed by atoms with Gasteiger partial charge in [0, 0.05) is 0 Å². The molecule has 0 amide bonds. The van der Waals surface area contributed by atoms with Crippen molar-refractivity contribution >= 4 is 30.4 Å². The number of halogens is 1. The van der Waals surface area contributed by atoms with Gasteiger partial charge in [0.05, 0.1) is 5.56 Å². The zero-order valence-electron chi connectivity index (χ0n) is 5.62. The molecular weight excluding hydrogens is 164 g/mol. The zero-order chi connectivity index (χ0) is 8.27. The molecule has 0 fully saturated rings. The SMILES string of the molecule is C=Nc1nc(Cl)ccc1C=O. The molecule has 0 unspecified atom stereocenters. The van der Waals surface area contributed by atoms with Crippen LogP contribution in [0.15, 0.2) is 17.1 Å². The lowest BCUT2D eigenvalue weighted by atomic mass is 10.3. The van der Waals surface area contributed by atoms with E-state index in [1.807, 2.05) is 0 Å². The van der Waals surface area contributed by atoms with Gasteiger partial charge in [0.2, 0.25) is 0 Å². The second-order valence-corrected chi connectivity index (χ2v) is 2.21. The van der Waals surface area contributed by atoms with E-state index in [2.05, 4.69) is 16.7 Å². The Morgan fingerprint density at radius 3 is 2.91 bits per heavy atom. The molecule has 0 radical (unpaired) electrons. The molecule has 1 rings (SSSR count). The summed E-state index contributed by atoms with van der Waals surface area (Å²) in [6.07, 6.45) is 0.660. The zero-order valence-corrected chi connectivity index (χ0v) is 6.38. The number of aldehydes is 1. The number of carbonyl (C=O) groups is 1. The maximum atomic E-state index is 10.3. The van der Waals surface area contributed by atoms with Crippen molar-refractivity contribution < 1.29 is 4.79 Å². The van der Waals surface area contributed by atoms with Crippen molar-refractivity contribution in [1.82, 2.24) is 4.98 Å². The minimum Gasteiger partial charge on any atom is -0.298 e. The van der Waals surface area contributed by atoms with Gasteiger partial charge in [0.25, 0.3) is 0 Å². The van der Waals surface area contributed by atoms with E-state index in [1.165, 1.54) is 6.07 Å². The van der Waals surface area contributed by atoms with Gasteiger partial charge >= 0.3 is 0 Å². The molecule has 0 bridgehead atoms. The molecule has 0 saturated heterocycles. The molecule has 1 heterocycles. The van der Waals surface area contributed by atoms with Crippen LogP contribution >= 0.6 is 11.6 Å². The van der Waals surface area contributed by atoms with Gasteiger partial charge in [-0.3, -0.25) is 4.79 Å². The molecule has 11 heavy (non-hydrogen) atoms. The molecule has 4 heteroatoms. The molecule has 1 aromatic rings. The van der Waals surface area contributed by atoms with E-state index in [0.29, 0.717) is 17.0 Å². The van der Waals surface area contributed by atoms with Gasteiger partial charge in [-0.05, 0) is 18.9 Å². The van der Waals surface area contributed by atoms with Crippen LogP contribution in [0.4, 0.5) is 5.82 Å². The van der Waals surface area contributed by atoms with Crippen molar-refractivity contribution in [3.05, 3.63) is 22.8 Å². The quantitative estimate of drug-likeness (QED) is 0.384. The summed E-state index contributed by atoms with van der Waals surface area (Å²) in [4.78, 5) is 17.6. The summed E-state index contributed by atoms with van der Waals surface area (Å²) in [7, 11) is 0. The predicted molar refractivity (Wildman–Crippen MR) is 43.8 cm³/mol. The van der Waals surface area contributed by atoms with Gasteiger partial charge in [-0.2, -0.15) is 0 Å². The molecule has 56 valence electrons. The summed E-state index contributed by atoms with van der Waals surface area (Å²) in [5.74, 6) is 0.271. The van der Waals surface area contributed by atoms with Gasteiger partial charge in [0.15, 0.2) is 12.1 Å². The summed E-state index contributed by atoms with van der Waals surface area (Å²) >= 11 is 5.54. The maximum Gasteiger partial charge on any atom is 0.163 e. The van der Waals surface area contributed by atoms with Crippen molar-refractivity contribution in [3.63, 3.8) is 0 Å². The molecule has 0 spiro atoms. The third-order valence-corrected chi connectivity index (χ3v) is 1.36. The summed E-state index contributed by atoms with van der Waals surface area (Å²) < 4.78 is 0. The topological polar surface area (TPSA) is 42.3 Å². The van der Waals surface area contributed by atoms with Crippen molar-refractivity contribution in [3.8, 4) is 0 Å². The van der Waals surface area contributed by atoms with Crippen LogP contribution in [0.3, 0.4) is 0 Å². The Balaban J connectivity index is 3.26. The van der Waals surface area contributed by atoms with Crippen LogP contribution in [0.1, 0.15) is 10.4 Å². The van der Waals surface area contributed by atoms with E-state index < -0.39 is 0 Å². The van der Waals surface area contributed by atoms with Crippen LogP contribution in [0.5, 0.6) is 0 Å². The van der Waals surface area contributed by atoms with Crippen molar-refractivity contribution in [2.45, 2.75) is 0 Å². The lowest BCUT2D eigenvalue weighted by Crippen LogP contribution is -1.84. The fourth-order valence-electron chi connectivity index (χ4n) is 0.655. The van der Waals surface area contributed by atoms with Gasteiger partial charge in [-0.25, -0.2) is 9.98 Å². The average molecular weight is 169 g/mol. The van der Waals surface area contributed by atoms with Gasteiger partial charge < -0.3 is 0 Å². The number of aliphatic imine (C=N–C) groups is 1. The van der Waals surface area contributed by atoms with E-state index in [4.69, 9.17) is 11.6 Å². The fraction of sp³-hybridized carbons (Fsp3) is 0. The van der Waals surface area contributed by atoms with Crippen LogP contribution in [0.25, 0.3) is 0 Å². The monoisotopic (exact) mass is 168 g/mol. The van der Waals surface area contributed by atoms with E-state index in [9.17, 15) is 4.79 Å². The molecule has 0 aliphatic rings. The predicted octanol–water partition coefficient (Wildman–Crippen LogP) is 1.88. The lowest BCUT2D eigenvalue weighted by Gasteiger charge is -1.95. The van der Waals surface area contributed by atoms with Crippen molar-refractivity contribution in [2.24, 2.45) is 4.99 Å². The lowest BCUT2D eigenvalue weighted by molar-refractivity contribution is 0.112. The highest BCUT2D eigenvalue weighted by atomic mass is 35.5. The normalized spacial score (nSPS) is 9.18. The molecule has 0 aliphatic carbocycles. The highest BCUT2D eigenvalue weighted by Gasteiger charge is 2.00. The third kappa shape index (κ3) is 1.62. The van der Waals surface area contributed by atoms with E-state index in [-0.39, 0.29) is 5.82 Å². The summed E-state index contributed by atoms with van der Waals surface area (Å²) in [5.41, 5.74) is 0.393. The minimum atomic E-state index is 0.271. The largest absolute Gasteiger partial charge is 0.298 e. The Morgan fingerprint density at radius 2 is 2.36 bits per heavy atom. The summed E-state index contributed by atoms with van der Waals surface area (Å²) in [6.45, 7) is 3.25. The van der Waals surface area contributed by atoms with Crippen LogP contribution < -0.4 is 0 Å². The molecule has 0 atom stereocenters. The molecule has 1 aromatic heterocycles. The second kappa shape index (κ2) is 3.25. The molecule has 0 aliphatic heterocycles. The summed E-state index contributed by atoms with van der Waals surface area (Å²) in [6, 6.07) is 3.08. The first-order chi connectivity index (χ1) is 5.27. The molecule has 0 aromatic carbocycles. The van der Waals surface area contributed by atoms with Crippen LogP contribution in [-0.2, 0) is 0 Å². The standard InChI is InChI=1S/C7H5ClN2O/c1-9-7-5(4-11)2-3-6(8)10-7/h2-4H,1H2. The fourth-order valence-corrected chi connectivity index (χ4v) is 0.798. The Bertz CT molecular complexity index is 298. The molecular formula is C7H5ClN2O. The first-order valence-corrected chi connectivity index (χ1v) is 3.24. The number of pyridine rings is 1. The number of hydrogen-bond donors (Lipinski definition) is 0. The van der Waals surface area contributed by atoms with Crippen molar-refractivity contribution in [2.75, 3.05) is 0 Å². The van der Waals surface area contributed by atoms with E-state index in [0.717, 1.165) is 0 Å². The molecule has 0 N–H and O–H groups in total. The second-order valence-electron chi connectivity index (χ2n) is 1.82. The number of hydrogen-bond acceptors (Lipinski definition) is 3. The van der Waals surface area contributed by atoms with Crippen LogP contribution in [0, 0.1) is 0 Å². The average Bonchev–Trinajstić information content (AvgIpc) is 2.04. The van der Waals surface area contributed by atoms with Crippen LogP contribution in [0.2, 0.25) is 5.15 Å². The minimum absolute atomic E-state index is 0.271. The van der Waals surface area contributed by atoms with Crippen molar-refractivity contribution in [1.29, 1.82) is 0 Å². The number of aromatic nitrogens is 1. The smallest absolute Gasteiger partial charge is 0.163 e. The Labute approximate surface area is 68.7 Å². The number of nitrogens with zero attached hydrogens (tertiary/aromatic N) is 2. The Hall–Kier alpha value is -1.22. The molecule has 0 saturated carbocycles. The van der Waals surface area contributed by atoms with Gasteiger partial charge in [0.1, 0.15) is 5.15 Å². The maximum absolute atomic E-state index is 10.3. The molecule has 3 nitrogen and oxygen atoms in total. The van der Waals surface area contributed by atoms with Gasteiger partial charge in [-0.15, -0.1) is 0 Å². The highest BCUT2D eigenvalue weighted by Crippen LogP contribution is 2.16.